The maximum Gasteiger partial charge on any atom is 0.270 e. The number of methoxy groups -OCH3 is 1. The Morgan fingerprint density at radius 2 is 1.91 bits per heavy atom. The van der Waals surface area contributed by atoms with Gasteiger partial charge >= 0.3 is 0 Å². The second-order valence-electron chi connectivity index (χ2n) is 10.8. The van der Waals surface area contributed by atoms with Crippen molar-refractivity contribution in [3.8, 4) is 17.1 Å². The summed E-state index contributed by atoms with van der Waals surface area (Å²) in [6, 6.07) is 11.2. The molecule has 3 N–H and O–H groups in total. The molecule has 0 unspecified atom stereocenters. The molecule has 0 radical (unpaired) electrons. The summed E-state index contributed by atoms with van der Waals surface area (Å²) in [7, 11) is 1.62. The average Bonchev–Trinajstić information content (AvgIpc) is 3.33. The normalized spacial score (nSPS) is 38.4. The van der Waals surface area contributed by atoms with E-state index in [1.807, 2.05) is 37.3 Å². The van der Waals surface area contributed by atoms with Crippen LogP contribution in [0, 0.1) is 47.8 Å². The van der Waals surface area contributed by atoms with E-state index in [1.54, 1.807) is 18.0 Å². The van der Waals surface area contributed by atoms with E-state index in [2.05, 4.69) is 25.7 Å². The molecule has 1 aromatic carbocycles. The maximum absolute atomic E-state index is 12.8. The molecule has 6 saturated carbocycles. The molecule has 6 aliphatic rings. The predicted molar refractivity (Wildman–Crippen MR) is 120 cm³/mol. The number of pyridine rings is 1. The number of aromatic nitrogens is 5. The summed E-state index contributed by atoms with van der Waals surface area (Å²) < 4.78 is 5.25. The van der Waals surface area contributed by atoms with Crippen LogP contribution in [0.1, 0.15) is 21.7 Å². The summed E-state index contributed by atoms with van der Waals surface area (Å²) in [5.41, 5.74) is 9.94. The van der Waals surface area contributed by atoms with E-state index >= 15 is 0 Å². The number of hydrogen-bond acceptors (Lipinski definition) is 7. The number of nitrogens with one attached hydrogen (secondary N) is 1. The Hall–Kier alpha value is -3.33. The highest BCUT2D eigenvalue weighted by atomic mass is 16.5. The maximum atomic E-state index is 12.8. The Morgan fingerprint density at radius 1 is 1.15 bits per heavy atom. The Balaban J connectivity index is 0.983. The van der Waals surface area contributed by atoms with E-state index in [0.29, 0.717) is 23.5 Å². The fraction of sp³-hybridized carbons (Fsp3) is 0.480. The first-order valence-corrected chi connectivity index (χ1v) is 11.9. The number of carbonyl (C=O) groups excluding carboxylic acids is 1. The highest BCUT2D eigenvalue weighted by Gasteiger charge is 3.09. The topological polar surface area (TPSA) is 121 Å². The van der Waals surface area contributed by atoms with Gasteiger partial charge in [-0.1, -0.05) is 12.1 Å². The number of hydrogen-bond donors (Lipinski definition) is 2. The second-order valence-corrected chi connectivity index (χ2v) is 10.8. The third-order valence-corrected chi connectivity index (χ3v) is 9.81. The van der Waals surface area contributed by atoms with Gasteiger partial charge in [0.2, 0.25) is 5.82 Å². The Bertz CT molecular complexity index is 1340. The van der Waals surface area contributed by atoms with Gasteiger partial charge in [0, 0.05) is 28.8 Å². The van der Waals surface area contributed by atoms with Crippen molar-refractivity contribution in [3.63, 3.8) is 0 Å². The van der Waals surface area contributed by atoms with Gasteiger partial charge in [0.05, 0.1) is 13.7 Å². The molecule has 0 spiro atoms. The van der Waals surface area contributed by atoms with E-state index in [0.717, 1.165) is 64.6 Å². The van der Waals surface area contributed by atoms with Crippen LogP contribution in [0.25, 0.3) is 11.4 Å². The zero-order valence-corrected chi connectivity index (χ0v) is 19.0. The summed E-state index contributed by atoms with van der Waals surface area (Å²) in [6.45, 7) is 3.09. The molecule has 2 heterocycles. The molecule has 1 amide bonds. The highest BCUT2D eigenvalue weighted by Crippen LogP contribution is 3.06. The fourth-order valence-electron chi connectivity index (χ4n) is 8.79. The van der Waals surface area contributed by atoms with E-state index in [9.17, 15) is 4.79 Å². The van der Waals surface area contributed by atoms with Crippen LogP contribution in [-0.4, -0.2) is 43.7 Å². The molecule has 6 fully saturated rings. The molecule has 34 heavy (non-hydrogen) atoms. The minimum absolute atomic E-state index is 0.223. The Labute approximate surface area is 196 Å². The number of rotatable bonds is 7. The number of tetrazole rings is 1. The molecule has 9 nitrogen and oxygen atoms in total. The highest BCUT2D eigenvalue weighted by molar-refractivity contribution is 5.93. The number of ether oxygens (including phenoxy) is 1. The van der Waals surface area contributed by atoms with E-state index < -0.39 is 0 Å². The molecule has 9 heteroatoms. The molecule has 6 aliphatic carbocycles. The number of benzene rings is 1. The van der Waals surface area contributed by atoms with Crippen LogP contribution >= 0.6 is 0 Å². The first-order valence-electron chi connectivity index (χ1n) is 11.9. The van der Waals surface area contributed by atoms with E-state index in [4.69, 9.17) is 10.5 Å². The first kappa shape index (κ1) is 19.0. The molecular formula is C25H25N7O2. The lowest BCUT2D eigenvalue weighted by molar-refractivity contribution is -0.623. The molecule has 9 rings (SSSR count). The molecule has 0 atom stereocenters. The van der Waals surface area contributed by atoms with Crippen LogP contribution in [0.3, 0.4) is 0 Å². The summed E-state index contributed by atoms with van der Waals surface area (Å²) in [4.78, 5) is 19.0. The van der Waals surface area contributed by atoms with Gasteiger partial charge in [-0.2, -0.15) is 4.80 Å². The van der Waals surface area contributed by atoms with Gasteiger partial charge < -0.3 is 15.8 Å². The third kappa shape index (κ3) is 1.89. The van der Waals surface area contributed by atoms with Crippen molar-refractivity contribution in [2.45, 2.75) is 25.6 Å². The van der Waals surface area contributed by atoms with Crippen LogP contribution in [0.15, 0.2) is 36.4 Å². The van der Waals surface area contributed by atoms with Gasteiger partial charge in [0.15, 0.2) is 0 Å². The lowest BCUT2D eigenvalue weighted by Gasteiger charge is -3.10. The molecule has 2 aromatic heterocycles. The summed E-state index contributed by atoms with van der Waals surface area (Å²) in [5, 5.41) is 16.3. The molecule has 0 aliphatic heterocycles. The molecule has 3 aromatic rings. The lowest BCUT2D eigenvalue weighted by Crippen LogP contribution is -3.15. The molecular weight excluding hydrogens is 430 g/mol. The third-order valence-electron chi connectivity index (χ3n) is 9.81. The molecule has 0 bridgehead atoms. The van der Waals surface area contributed by atoms with Crippen LogP contribution in [0.2, 0.25) is 0 Å². The van der Waals surface area contributed by atoms with Gasteiger partial charge in [0.25, 0.3) is 5.91 Å². The average molecular weight is 456 g/mol. The van der Waals surface area contributed by atoms with Crippen molar-refractivity contribution in [1.82, 2.24) is 30.5 Å². The number of nitrogens with two attached hydrogens (primary N) is 1. The second kappa shape index (κ2) is 5.83. The molecule has 172 valence electrons. The number of aryl methyl sites for hydroxylation is 1. The standard InChI is InChI=1S/C25H25N7O2/c1-11-6-13(8-15(28-11)23(33)27-9-12-4-3-5-14(7-12)34-2)22-29-31-32(30-22)10-24-16-19-17(24)21-18(24)20(16)25(19,21)26/h3-8,16-21H,9-10,26H2,1-2H3,(H,27,33). The van der Waals surface area contributed by atoms with Crippen molar-refractivity contribution >= 4 is 5.91 Å². The molecule has 0 saturated heterocycles. The van der Waals surface area contributed by atoms with Gasteiger partial charge in [0.1, 0.15) is 11.4 Å². The Kier molecular flexibility index (Phi) is 3.26. The minimum atomic E-state index is -0.247. The van der Waals surface area contributed by atoms with Crippen LogP contribution < -0.4 is 15.8 Å². The summed E-state index contributed by atoms with van der Waals surface area (Å²) in [5.74, 6) is 5.76. The smallest absolute Gasteiger partial charge is 0.270 e. The van der Waals surface area contributed by atoms with E-state index in [-0.39, 0.29) is 11.4 Å². The van der Waals surface area contributed by atoms with Gasteiger partial charge in [-0.25, -0.2) is 4.98 Å². The van der Waals surface area contributed by atoms with Crippen molar-refractivity contribution in [1.29, 1.82) is 0 Å². The van der Waals surface area contributed by atoms with Crippen molar-refractivity contribution < 1.29 is 9.53 Å². The largest absolute Gasteiger partial charge is 0.497 e. The lowest BCUT2D eigenvalue weighted by atomic mass is 8.94. The van der Waals surface area contributed by atoms with Crippen LogP contribution in [0.5, 0.6) is 5.75 Å². The van der Waals surface area contributed by atoms with Gasteiger partial charge in [-0.3, -0.25) is 4.79 Å². The van der Waals surface area contributed by atoms with Crippen molar-refractivity contribution in [3.05, 3.63) is 53.3 Å². The minimum Gasteiger partial charge on any atom is -0.497 e. The zero-order chi connectivity index (χ0) is 23.0. The van der Waals surface area contributed by atoms with Gasteiger partial charge in [-0.15, -0.1) is 10.2 Å². The zero-order valence-electron chi connectivity index (χ0n) is 19.0. The van der Waals surface area contributed by atoms with E-state index in [1.165, 1.54) is 0 Å². The SMILES string of the molecule is COc1cccc(CNC(=O)c2cc(-c3nnn(CC45C6C7C4C4C5C6C74N)n3)cc(C)n2)c1. The van der Waals surface area contributed by atoms with Gasteiger partial charge in [-0.05, 0) is 77.5 Å². The predicted octanol–water partition coefficient (Wildman–Crippen LogP) is 1.43. The summed E-state index contributed by atoms with van der Waals surface area (Å²) in [6.07, 6.45) is 0. The summed E-state index contributed by atoms with van der Waals surface area (Å²) >= 11 is 0. The first-order chi connectivity index (χ1) is 16.5. The monoisotopic (exact) mass is 455 g/mol. The number of amides is 1. The van der Waals surface area contributed by atoms with Crippen LogP contribution in [0.4, 0.5) is 0 Å². The number of carbonyl (C=O) groups is 1. The van der Waals surface area contributed by atoms with Crippen molar-refractivity contribution in [2.75, 3.05) is 7.11 Å². The van der Waals surface area contributed by atoms with Crippen LogP contribution in [-0.2, 0) is 13.1 Å². The van der Waals surface area contributed by atoms with Crippen molar-refractivity contribution in [2.24, 2.45) is 46.7 Å². The quantitative estimate of drug-likeness (QED) is 0.553. The number of nitrogens with zero attached hydrogens (tertiary/aromatic N) is 5. The Morgan fingerprint density at radius 3 is 2.65 bits per heavy atom. The fourth-order valence-corrected chi connectivity index (χ4v) is 8.79.